The molecule has 1 aromatic rings. The summed E-state index contributed by atoms with van der Waals surface area (Å²) in [7, 11) is 0. The first-order valence-electron chi connectivity index (χ1n) is 6.96. The molecule has 4 nitrogen and oxygen atoms in total. The number of hydrogen-bond donors (Lipinski definition) is 2. The number of anilines is 1. The Bertz CT molecular complexity index is 493. The van der Waals surface area contributed by atoms with Crippen LogP contribution < -0.4 is 5.32 Å². The number of β-amino-alcohol motifs (C(OH)–C–C–N with tert-alkyl or cyclic N) is 1. The van der Waals surface area contributed by atoms with Gasteiger partial charge in [-0.3, -0.25) is 9.69 Å². The van der Waals surface area contributed by atoms with Crippen molar-refractivity contribution in [2.45, 2.75) is 38.8 Å². The molecule has 20 heavy (non-hydrogen) atoms. The summed E-state index contributed by atoms with van der Waals surface area (Å²) in [6.07, 6.45) is 1.31. The maximum Gasteiger partial charge on any atom is 0.241 e. The molecule has 0 saturated carbocycles. The molecule has 0 aliphatic carbocycles. The molecule has 2 atom stereocenters. The summed E-state index contributed by atoms with van der Waals surface area (Å²) in [5, 5.41) is 12.4. The van der Waals surface area contributed by atoms with Crippen LogP contribution >= 0.6 is 0 Å². The molecule has 0 bridgehead atoms. The van der Waals surface area contributed by atoms with E-state index in [4.69, 9.17) is 0 Å². The lowest BCUT2D eigenvalue weighted by Crippen LogP contribution is -2.48. The number of aliphatic hydroxyl groups is 1. The quantitative estimate of drug-likeness (QED) is 0.889. The Morgan fingerprint density at radius 1 is 1.55 bits per heavy atom. The minimum absolute atomic E-state index is 0.173. The van der Waals surface area contributed by atoms with Crippen molar-refractivity contribution in [2.24, 2.45) is 0 Å². The van der Waals surface area contributed by atoms with Crippen LogP contribution in [0.4, 0.5) is 10.1 Å². The minimum atomic E-state index is -0.369. The topological polar surface area (TPSA) is 52.6 Å². The third kappa shape index (κ3) is 3.55. The van der Waals surface area contributed by atoms with E-state index in [9.17, 15) is 14.3 Å². The van der Waals surface area contributed by atoms with Gasteiger partial charge in [-0.1, -0.05) is 6.07 Å². The number of hydrogen-bond acceptors (Lipinski definition) is 3. The van der Waals surface area contributed by atoms with Crippen LogP contribution in [0.2, 0.25) is 0 Å². The van der Waals surface area contributed by atoms with Crippen molar-refractivity contribution in [1.82, 2.24) is 4.90 Å². The number of amides is 1. The van der Waals surface area contributed by atoms with Crippen LogP contribution in [0.5, 0.6) is 0 Å². The van der Waals surface area contributed by atoms with E-state index in [0.717, 1.165) is 24.9 Å². The largest absolute Gasteiger partial charge is 0.392 e. The minimum Gasteiger partial charge on any atom is -0.392 e. The van der Waals surface area contributed by atoms with Gasteiger partial charge in [0.1, 0.15) is 5.82 Å². The van der Waals surface area contributed by atoms with E-state index < -0.39 is 0 Å². The Kier molecular flexibility index (Phi) is 4.73. The van der Waals surface area contributed by atoms with Gasteiger partial charge in [0.25, 0.3) is 0 Å². The van der Waals surface area contributed by atoms with Gasteiger partial charge in [0.2, 0.25) is 5.91 Å². The van der Waals surface area contributed by atoms with Crippen molar-refractivity contribution in [2.75, 3.05) is 18.4 Å². The summed E-state index contributed by atoms with van der Waals surface area (Å²) in [4.78, 5) is 14.2. The Hall–Kier alpha value is -1.46. The van der Waals surface area contributed by atoms with Crippen LogP contribution in [0.25, 0.3) is 0 Å². The summed E-state index contributed by atoms with van der Waals surface area (Å²) in [5.41, 5.74) is 1.32. The van der Waals surface area contributed by atoms with Crippen LogP contribution in [0.15, 0.2) is 18.2 Å². The van der Waals surface area contributed by atoms with Crippen molar-refractivity contribution in [1.29, 1.82) is 0 Å². The Balaban J connectivity index is 2.02. The molecule has 1 aromatic carbocycles. The number of benzene rings is 1. The van der Waals surface area contributed by atoms with Crippen LogP contribution in [0.3, 0.4) is 0 Å². The van der Waals surface area contributed by atoms with Crippen LogP contribution in [0, 0.1) is 12.7 Å². The predicted molar refractivity (Wildman–Crippen MR) is 76.0 cm³/mol. The highest BCUT2D eigenvalue weighted by molar-refractivity contribution is 5.95. The lowest BCUT2D eigenvalue weighted by atomic mass is 10.1. The zero-order valence-corrected chi connectivity index (χ0v) is 11.9. The van der Waals surface area contributed by atoms with E-state index in [1.54, 1.807) is 6.07 Å². The molecule has 2 rings (SSSR count). The van der Waals surface area contributed by atoms with E-state index in [2.05, 4.69) is 5.32 Å². The number of aliphatic hydroxyl groups excluding tert-OH is 1. The summed E-state index contributed by atoms with van der Waals surface area (Å²) >= 11 is 0. The number of likely N-dealkylation sites (tertiary alicyclic amines) is 1. The first kappa shape index (κ1) is 14.9. The molecule has 1 aliphatic rings. The third-order valence-electron chi connectivity index (χ3n) is 3.81. The Morgan fingerprint density at radius 3 is 3.00 bits per heavy atom. The zero-order valence-electron chi connectivity index (χ0n) is 11.9. The van der Waals surface area contributed by atoms with Crippen molar-refractivity contribution in [3.8, 4) is 0 Å². The first-order valence-corrected chi connectivity index (χ1v) is 6.96. The average Bonchev–Trinajstić information content (AvgIpc) is 2.42. The monoisotopic (exact) mass is 280 g/mol. The van der Waals surface area contributed by atoms with Gasteiger partial charge < -0.3 is 10.4 Å². The Labute approximate surface area is 118 Å². The van der Waals surface area contributed by atoms with Gasteiger partial charge in [0, 0.05) is 12.2 Å². The van der Waals surface area contributed by atoms with Gasteiger partial charge in [-0.05, 0) is 50.9 Å². The van der Waals surface area contributed by atoms with Gasteiger partial charge in [0.15, 0.2) is 0 Å². The summed E-state index contributed by atoms with van der Waals surface area (Å²) in [6, 6.07) is 3.99. The fourth-order valence-electron chi connectivity index (χ4n) is 2.47. The lowest BCUT2D eigenvalue weighted by molar-refractivity contribution is -0.121. The molecule has 5 heteroatoms. The third-order valence-corrected chi connectivity index (χ3v) is 3.81. The van der Waals surface area contributed by atoms with E-state index in [1.807, 2.05) is 18.7 Å². The number of halogens is 1. The maximum absolute atomic E-state index is 13.2. The van der Waals surface area contributed by atoms with E-state index in [1.165, 1.54) is 12.1 Å². The number of carbonyl (C=O) groups is 1. The SMILES string of the molecule is Cc1ccc(F)cc1NC(=O)C(C)N1CCCC(O)C1. The van der Waals surface area contributed by atoms with Crippen molar-refractivity contribution < 1.29 is 14.3 Å². The number of carbonyl (C=O) groups excluding carboxylic acids is 1. The lowest BCUT2D eigenvalue weighted by Gasteiger charge is -2.34. The standard InChI is InChI=1S/C15H21FN2O2/c1-10-5-6-12(16)8-14(10)17-15(20)11(2)18-7-3-4-13(19)9-18/h5-6,8,11,13,19H,3-4,7,9H2,1-2H3,(H,17,20). The Morgan fingerprint density at radius 2 is 2.30 bits per heavy atom. The number of aryl methyl sites for hydroxylation is 1. The van der Waals surface area contributed by atoms with Crippen molar-refractivity contribution in [3.63, 3.8) is 0 Å². The number of piperidine rings is 1. The van der Waals surface area contributed by atoms with Crippen molar-refractivity contribution in [3.05, 3.63) is 29.6 Å². The van der Waals surface area contributed by atoms with Gasteiger partial charge >= 0.3 is 0 Å². The highest BCUT2D eigenvalue weighted by Crippen LogP contribution is 2.18. The molecule has 1 aliphatic heterocycles. The van der Waals surface area contributed by atoms with E-state index in [0.29, 0.717) is 12.2 Å². The molecule has 2 N–H and O–H groups in total. The summed E-state index contributed by atoms with van der Waals surface area (Å²) < 4.78 is 13.2. The van der Waals surface area contributed by atoms with Gasteiger partial charge in [-0.2, -0.15) is 0 Å². The van der Waals surface area contributed by atoms with Gasteiger partial charge in [-0.25, -0.2) is 4.39 Å². The molecule has 0 radical (unpaired) electrons. The highest BCUT2D eigenvalue weighted by Gasteiger charge is 2.26. The first-order chi connectivity index (χ1) is 9.47. The van der Waals surface area contributed by atoms with E-state index >= 15 is 0 Å². The van der Waals surface area contributed by atoms with Gasteiger partial charge in [-0.15, -0.1) is 0 Å². The molecule has 2 unspecified atom stereocenters. The van der Waals surface area contributed by atoms with Crippen LogP contribution in [-0.2, 0) is 4.79 Å². The summed E-state index contributed by atoms with van der Waals surface area (Å²) in [6.45, 7) is 4.94. The molecule has 1 saturated heterocycles. The number of nitrogens with zero attached hydrogens (tertiary/aromatic N) is 1. The molecular formula is C15H21FN2O2. The molecule has 1 amide bonds. The smallest absolute Gasteiger partial charge is 0.241 e. The van der Waals surface area contributed by atoms with Gasteiger partial charge in [0.05, 0.1) is 12.1 Å². The molecule has 0 aromatic heterocycles. The highest BCUT2D eigenvalue weighted by atomic mass is 19.1. The fraction of sp³-hybridized carbons (Fsp3) is 0.533. The van der Waals surface area contributed by atoms with Crippen molar-refractivity contribution >= 4 is 11.6 Å². The summed E-state index contributed by atoms with van der Waals surface area (Å²) in [5.74, 6) is -0.542. The van der Waals surface area contributed by atoms with Crippen LogP contribution in [-0.4, -0.2) is 41.1 Å². The molecular weight excluding hydrogens is 259 g/mol. The predicted octanol–water partition coefficient (Wildman–Crippen LogP) is 1.92. The molecule has 1 heterocycles. The average molecular weight is 280 g/mol. The molecule has 0 spiro atoms. The second-order valence-corrected chi connectivity index (χ2v) is 5.42. The second kappa shape index (κ2) is 6.33. The maximum atomic E-state index is 13.2. The molecule has 1 fully saturated rings. The fourth-order valence-corrected chi connectivity index (χ4v) is 2.47. The van der Waals surface area contributed by atoms with Crippen LogP contribution in [0.1, 0.15) is 25.3 Å². The molecule has 110 valence electrons. The zero-order chi connectivity index (χ0) is 14.7. The normalized spacial score (nSPS) is 21.5. The second-order valence-electron chi connectivity index (χ2n) is 5.42. The number of nitrogens with one attached hydrogen (secondary N) is 1. The van der Waals surface area contributed by atoms with E-state index in [-0.39, 0.29) is 23.9 Å². The number of rotatable bonds is 3.